The summed E-state index contributed by atoms with van der Waals surface area (Å²) >= 11 is 0. The van der Waals surface area contributed by atoms with Crippen LogP contribution >= 0.6 is 0 Å². The third-order valence-corrected chi connectivity index (χ3v) is 4.17. The molecule has 100 valence electrons. The molecule has 1 heterocycles. The van der Waals surface area contributed by atoms with Crippen LogP contribution in [0.1, 0.15) is 32.5 Å². The van der Waals surface area contributed by atoms with Crippen LogP contribution in [-0.2, 0) is 13.5 Å². The maximum atomic E-state index is 4.34. The van der Waals surface area contributed by atoms with E-state index in [0.29, 0.717) is 0 Å². The predicted octanol–water partition coefficient (Wildman–Crippen LogP) is 2.54. The first-order valence-corrected chi connectivity index (χ1v) is 7.02. The van der Waals surface area contributed by atoms with Crippen molar-refractivity contribution in [2.45, 2.75) is 33.1 Å². The summed E-state index contributed by atoms with van der Waals surface area (Å²) in [5, 5.41) is 3.59. The first-order valence-electron chi connectivity index (χ1n) is 7.02. The third kappa shape index (κ3) is 3.22. The monoisotopic (exact) mass is 247 g/mol. The Labute approximate surface area is 110 Å². The fourth-order valence-electron chi connectivity index (χ4n) is 2.83. The predicted molar refractivity (Wildman–Crippen MR) is 75.4 cm³/mol. The average molecular weight is 247 g/mol. The van der Waals surface area contributed by atoms with Gasteiger partial charge in [0.25, 0.3) is 0 Å². The summed E-state index contributed by atoms with van der Waals surface area (Å²) in [6.45, 7) is 6.78. The van der Waals surface area contributed by atoms with Crippen LogP contribution in [0.4, 0.5) is 0 Å². The molecule has 1 aromatic heterocycles. The first-order chi connectivity index (χ1) is 8.68. The normalized spacial score (nSPS) is 24.1. The van der Waals surface area contributed by atoms with Crippen molar-refractivity contribution in [1.29, 1.82) is 0 Å². The number of nitrogens with one attached hydrogen (secondary N) is 1. The molecule has 1 aliphatic rings. The van der Waals surface area contributed by atoms with Crippen molar-refractivity contribution >= 4 is 0 Å². The van der Waals surface area contributed by atoms with E-state index in [-0.39, 0.29) is 0 Å². The zero-order chi connectivity index (χ0) is 13.0. The van der Waals surface area contributed by atoms with Gasteiger partial charge in [0.05, 0.1) is 0 Å². The second kappa shape index (κ2) is 6.19. The number of aryl methyl sites for hydroxylation is 1. The van der Waals surface area contributed by atoms with E-state index in [9.17, 15) is 0 Å². The van der Waals surface area contributed by atoms with Crippen molar-refractivity contribution in [3.63, 3.8) is 0 Å². The maximum absolute atomic E-state index is 4.34. The van der Waals surface area contributed by atoms with Gasteiger partial charge in [0, 0.05) is 39.0 Å². The molecule has 0 unspecified atom stereocenters. The largest absolute Gasteiger partial charge is 0.338 e. The third-order valence-electron chi connectivity index (χ3n) is 4.17. The minimum absolute atomic E-state index is 0.722. The topological polar surface area (TPSA) is 29.9 Å². The highest BCUT2D eigenvalue weighted by Gasteiger charge is 2.21. The smallest absolute Gasteiger partial charge is 0.109 e. The molecule has 2 rings (SSSR count). The van der Waals surface area contributed by atoms with E-state index in [4.69, 9.17) is 0 Å². The summed E-state index contributed by atoms with van der Waals surface area (Å²) in [5.41, 5.74) is 1.57. The van der Waals surface area contributed by atoms with Crippen molar-refractivity contribution < 1.29 is 0 Å². The van der Waals surface area contributed by atoms with E-state index in [1.165, 1.54) is 12.8 Å². The van der Waals surface area contributed by atoms with Gasteiger partial charge in [0.15, 0.2) is 0 Å². The van der Waals surface area contributed by atoms with Crippen molar-refractivity contribution in [3.8, 4) is 0 Å². The molecule has 0 bridgehead atoms. The Morgan fingerprint density at radius 2 is 2.33 bits per heavy atom. The van der Waals surface area contributed by atoms with Gasteiger partial charge < -0.3 is 9.88 Å². The Bertz CT molecular complexity index is 406. The number of allylic oxidation sites excluding steroid dienone is 1. The second-order valence-electron chi connectivity index (χ2n) is 5.52. The van der Waals surface area contributed by atoms with Gasteiger partial charge in [-0.3, -0.25) is 0 Å². The molecular weight excluding hydrogens is 222 g/mol. The second-order valence-corrected chi connectivity index (χ2v) is 5.52. The number of aromatic nitrogens is 2. The van der Waals surface area contributed by atoms with Crippen molar-refractivity contribution in [2.75, 3.05) is 13.1 Å². The molecule has 1 N–H and O–H groups in total. The van der Waals surface area contributed by atoms with E-state index in [2.05, 4.69) is 41.8 Å². The number of imidazole rings is 1. The zero-order valence-corrected chi connectivity index (χ0v) is 11.8. The summed E-state index contributed by atoms with van der Waals surface area (Å²) in [6.07, 6.45) is 9.88. The van der Waals surface area contributed by atoms with Crippen molar-refractivity contribution in [1.82, 2.24) is 14.9 Å². The highest BCUT2D eigenvalue weighted by atomic mass is 15.0. The molecule has 0 spiro atoms. The lowest BCUT2D eigenvalue weighted by atomic mass is 9.80. The molecule has 18 heavy (non-hydrogen) atoms. The molecule has 3 nitrogen and oxygen atoms in total. The van der Waals surface area contributed by atoms with Crippen LogP contribution in [0.2, 0.25) is 0 Å². The summed E-state index contributed by atoms with van der Waals surface area (Å²) < 4.78 is 2.09. The van der Waals surface area contributed by atoms with Crippen molar-refractivity contribution in [2.24, 2.45) is 18.9 Å². The number of hydrogen-bond donors (Lipinski definition) is 1. The molecule has 0 aliphatic heterocycles. The van der Waals surface area contributed by atoms with E-state index >= 15 is 0 Å². The minimum atomic E-state index is 0.722. The Balaban J connectivity index is 1.74. The molecule has 0 saturated heterocycles. The molecule has 1 aliphatic carbocycles. The van der Waals surface area contributed by atoms with Crippen LogP contribution in [0.25, 0.3) is 0 Å². The molecule has 0 aromatic carbocycles. The molecule has 0 radical (unpaired) electrons. The first kappa shape index (κ1) is 13.3. The van der Waals surface area contributed by atoms with Crippen LogP contribution in [-0.4, -0.2) is 22.6 Å². The number of hydrogen-bond acceptors (Lipinski definition) is 2. The number of nitrogens with zero attached hydrogens (tertiary/aromatic N) is 2. The summed E-state index contributed by atoms with van der Waals surface area (Å²) in [6, 6.07) is 0. The van der Waals surface area contributed by atoms with E-state index in [1.807, 2.05) is 12.4 Å². The van der Waals surface area contributed by atoms with Crippen LogP contribution in [0.5, 0.6) is 0 Å². The fourth-order valence-corrected chi connectivity index (χ4v) is 2.83. The van der Waals surface area contributed by atoms with Crippen LogP contribution in [0, 0.1) is 11.8 Å². The van der Waals surface area contributed by atoms with Gasteiger partial charge in [-0.15, -0.1) is 0 Å². The Hall–Kier alpha value is -1.09. The highest BCUT2D eigenvalue weighted by molar-refractivity contribution is 5.09. The SMILES string of the molecule is CC1=CCC[C@H](C)[C@@H]1CNCCc1nccn1C. The van der Waals surface area contributed by atoms with E-state index < -0.39 is 0 Å². The van der Waals surface area contributed by atoms with Crippen LogP contribution in [0.3, 0.4) is 0 Å². The van der Waals surface area contributed by atoms with Gasteiger partial charge in [0.1, 0.15) is 5.82 Å². The molecular formula is C15H25N3. The Morgan fingerprint density at radius 1 is 1.50 bits per heavy atom. The lowest BCUT2D eigenvalue weighted by Gasteiger charge is -2.29. The van der Waals surface area contributed by atoms with Gasteiger partial charge in [-0.25, -0.2) is 4.98 Å². The lowest BCUT2D eigenvalue weighted by Crippen LogP contribution is -2.31. The van der Waals surface area contributed by atoms with Gasteiger partial charge in [-0.2, -0.15) is 0 Å². The molecule has 3 heteroatoms. The van der Waals surface area contributed by atoms with Crippen LogP contribution in [0.15, 0.2) is 24.0 Å². The Kier molecular flexibility index (Phi) is 4.59. The van der Waals surface area contributed by atoms with E-state index in [1.54, 1.807) is 5.57 Å². The molecule has 2 atom stereocenters. The van der Waals surface area contributed by atoms with Crippen molar-refractivity contribution in [3.05, 3.63) is 29.9 Å². The lowest BCUT2D eigenvalue weighted by molar-refractivity contribution is 0.351. The summed E-state index contributed by atoms with van der Waals surface area (Å²) in [5.74, 6) is 2.70. The minimum Gasteiger partial charge on any atom is -0.338 e. The molecule has 0 amide bonds. The van der Waals surface area contributed by atoms with Gasteiger partial charge in [-0.1, -0.05) is 18.6 Å². The summed E-state index contributed by atoms with van der Waals surface area (Å²) in [4.78, 5) is 4.34. The molecule has 0 saturated carbocycles. The highest BCUT2D eigenvalue weighted by Crippen LogP contribution is 2.29. The van der Waals surface area contributed by atoms with Crippen LogP contribution < -0.4 is 5.32 Å². The quantitative estimate of drug-likeness (QED) is 0.640. The Morgan fingerprint density at radius 3 is 3.00 bits per heavy atom. The maximum Gasteiger partial charge on any atom is 0.109 e. The van der Waals surface area contributed by atoms with E-state index in [0.717, 1.165) is 37.2 Å². The average Bonchev–Trinajstić information content (AvgIpc) is 2.73. The number of rotatable bonds is 5. The van der Waals surface area contributed by atoms with Gasteiger partial charge >= 0.3 is 0 Å². The molecule has 1 aromatic rings. The van der Waals surface area contributed by atoms with Gasteiger partial charge in [-0.05, 0) is 31.6 Å². The standard InChI is InChI=1S/C15H25N3/c1-12-5-4-6-13(2)14(12)11-16-8-7-15-17-9-10-18(15)3/h5,9-10,13-14,16H,4,6-8,11H2,1-3H3/t13-,14+/m0/s1. The summed E-state index contributed by atoms with van der Waals surface area (Å²) in [7, 11) is 2.05. The van der Waals surface area contributed by atoms with Gasteiger partial charge in [0.2, 0.25) is 0 Å². The zero-order valence-electron chi connectivity index (χ0n) is 11.8. The molecule has 0 fully saturated rings. The fraction of sp³-hybridized carbons (Fsp3) is 0.667.